The fourth-order valence-electron chi connectivity index (χ4n) is 4.38. The van der Waals surface area contributed by atoms with E-state index in [1.807, 2.05) is 12.1 Å². The first kappa shape index (κ1) is 20.5. The van der Waals surface area contributed by atoms with Crippen molar-refractivity contribution in [1.82, 2.24) is 4.98 Å². The smallest absolute Gasteiger partial charge is 0.123 e. The number of halogens is 1. The maximum Gasteiger partial charge on any atom is 0.123 e. The highest BCUT2D eigenvalue weighted by molar-refractivity contribution is 5.80. The number of fused-ring (bicyclic) bond motifs is 2. The minimum absolute atomic E-state index is 0.199. The molecule has 0 bridgehead atoms. The van der Waals surface area contributed by atoms with Crippen LogP contribution in [0.1, 0.15) is 67.3 Å². The molecule has 1 aliphatic carbocycles. The van der Waals surface area contributed by atoms with E-state index in [-0.39, 0.29) is 5.82 Å². The average molecular weight is 400 g/mol. The lowest BCUT2D eigenvalue weighted by atomic mass is 9.87. The Balaban J connectivity index is 2.00. The van der Waals surface area contributed by atoms with Crippen LogP contribution in [-0.2, 0) is 19.3 Å². The van der Waals surface area contributed by atoms with Gasteiger partial charge in [0.1, 0.15) is 5.82 Å². The summed E-state index contributed by atoms with van der Waals surface area (Å²) in [6.45, 7) is 8.80. The number of aryl methyl sites for hydroxylation is 1. The molecule has 2 heteroatoms. The quantitative estimate of drug-likeness (QED) is 0.446. The number of benzene rings is 2. The van der Waals surface area contributed by atoms with Crippen LogP contribution in [0.25, 0.3) is 17.2 Å². The number of rotatable bonds is 4. The van der Waals surface area contributed by atoms with Gasteiger partial charge in [-0.2, -0.15) is 0 Å². The van der Waals surface area contributed by atoms with Crippen molar-refractivity contribution in [2.75, 3.05) is 0 Å². The molecule has 0 fully saturated rings. The number of aromatic nitrogens is 1. The Morgan fingerprint density at radius 2 is 1.60 bits per heavy atom. The third-order valence-electron chi connectivity index (χ3n) is 5.90. The van der Waals surface area contributed by atoms with Crippen molar-refractivity contribution in [3.05, 3.63) is 94.1 Å². The summed E-state index contributed by atoms with van der Waals surface area (Å²) < 4.78 is 13.7. The Morgan fingerprint density at radius 3 is 2.27 bits per heavy atom. The molecule has 0 amide bonds. The first-order valence-corrected chi connectivity index (χ1v) is 11.0. The van der Waals surface area contributed by atoms with Gasteiger partial charge in [-0.05, 0) is 64.6 Å². The molecule has 30 heavy (non-hydrogen) atoms. The minimum atomic E-state index is -0.199. The van der Waals surface area contributed by atoms with Gasteiger partial charge in [-0.1, -0.05) is 76.2 Å². The summed E-state index contributed by atoms with van der Waals surface area (Å²) in [6.07, 6.45) is 7.30. The van der Waals surface area contributed by atoms with E-state index in [9.17, 15) is 4.39 Å². The second kappa shape index (κ2) is 8.55. The molecule has 1 heterocycles. The molecular weight excluding hydrogens is 369 g/mol. The zero-order valence-corrected chi connectivity index (χ0v) is 18.4. The molecule has 0 spiro atoms. The summed E-state index contributed by atoms with van der Waals surface area (Å²) in [7, 11) is 0. The number of nitrogens with zero attached hydrogens (tertiary/aromatic N) is 1. The highest BCUT2D eigenvalue weighted by Crippen LogP contribution is 2.38. The Kier molecular flexibility index (Phi) is 5.85. The van der Waals surface area contributed by atoms with Crippen LogP contribution in [0.2, 0.25) is 0 Å². The summed E-state index contributed by atoms with van der Waals surface area (Å²) in [5, 5.41) is 0. The van der Waals surface area contributed by atoms with Gasteiger partial charge in [-0.25, -0.2) is 4.39 Å². The van der Waals surface area contributed by atoms with Gasteiger partial charge in [0.25, 0.3) is 0 Å². The molecule has 0 saturated heterocycles. The molecule has 0 aliphatic heterocycles. The molecular formula is C28H30FN. The third-order valence-corrected chi connectivity index (χ3v) is 5.90. The van der Waals surface area contributed by atoms with Crippen molar-refractivity contribution >= 4 is 6.08 Å². The van der Waals surface area contributed by atoms with E-state index in [0.29, 0.717) is 11.8 Å². The molecule has 4 rings (SSSR count). The minimum Gasteiger partial charge on any atom is -0.256 e. The van der Waals surface area contributed by atoms with Crippen LogP contribution in [0.4, 0.5) is 4.39 Å². The molecule has 1 aromatic heterocycles. The Labute approximate surface area is 179 Å². The Morgan fingerprint density at radius 1 is 0.900 bits per heavy atom. The van der Waals surface area contributed by atoms with Crippen molar-refractivity contribution in [3.8, 4) is 11.1 Å². The van der Waals surface area contributed by atoms with Crippen LogP contribution >= 0.6 is 0 Å². The van der Waals surface area contributed by atoms with Crippen molar-refractivity contribution in [2.45, 2.75) is 52.9 Å². The van der Waals surface area contributed by atoms with Crippen molar-refractivity contribution in [2.24, 2.45) is 5.92 Å². The second-order valence-electron chi connectivity index (χ2n) is 8.92. The van der Waals surface area contributed by atoms with Gasteiger partial charge in [0.2, 0.25) is 0 Å². The SMILES string of the molecule is CC(C)/C=C/c1c(C(C)C)nc2c(c1-c1ccc(F)cc1)CCc1ccccc1C2. The lowest BCUT2D eigenvalue weighted by Crippen LogP contribution is -2.09. The number of pyridine rings is 1. The second-order valence-corrected chi connectivity index (χ2v) is 8.92. The zero-order valence-electron chi connectivity index (χ0n) is 18.4. The van der Waals surface area contributed by atoms with Gasteiger partial charge in [-0.3, -0.25) is 4.98 Å². The predicted molar refractivity (Wildman–Crippen MR) is 124 cm³/mol. The molecule has 1 nitrogen and oxygen atoms in total. The summed E-state index contributed by atoms with van der Waals surface area (Å²) in [5.41, 5.74) is 9.88. The molecule has 0 unspecified atom stereocenters. The largest absolute Gasteiger partial charge is 0.256 e. The van der Waals surface area contributed by atoms with Crippen LogP contribution < -0.4 is 0 Å². The van der Waals surface area contributed by atoms with E-state index in [2.05, 4.69) is 64.1 Å². The molecule has 0 N–H and O–H groups in total. The normalized spacial score (nSPS) is 13.6. The average Bonchev–Trinajstić information content (AvgIpc) is 2.91. The van der Waals surface area contributed by atoms with Crippen molar-refractivity contribution < 1.29 is 4.39 Å². The van der Waals surface area contributed by atoms with Gasteiger partial charge < -0.3 is 0 Å². The van der Waals surface area contributed by atoms with Crippen LogP contribution in [-0.4, -0.2) is 4.98 Å². The molecule has 0 atom stereocenters. The molecule has 0 radical (unpaired) electrons. The topological polar surface area (TPSA) is 12.9 Å². The van der Waals surface area contributed by atoms with Gasteiger partial charge >= 0.3 is 0 Å². The summed E-state index contributed by atoms with van der Waals surface area (Å²) in [6, 6.07) is 15.7. The molecule has 1 aliphatic rings. The lowest BCUT2D eigenvalue weighted by Gasteiger charge is -2.21. The van der Waals surface area contributed by atoms with Crippen molar-refractivity contribution in [1.29, 1.82) is 0 Å². The third kappa shape index (κ3) is 4.09. The monoisotopic (exact) mass is 399 g/mol. The maximum absolute atomic E-state index is 13.7. The number of hydrogen-bond donors (Lipinski definition) is 0. The van der Waals surface area contributed by atoms with E-state index < -0.39 is 0 Å². The summed E-state index contributed by atoms with van der Waals surface area (Å²) >= 11 is 0. The van der Waals surface area contributed by atoms with Crippen LogP contribution in [0.3, 0.4) is 0 Å². The molecule has 154 valence electrons. The van der Waals surface area contributed by atoms with Gasteiger partial charge in [-0.15, -0.1) is 0 Å². The number of allylic oxidation sites excluding steroid dienone is 1. The highest BCUT2D eigenvalue weighted by Gasteiger charge is 2.24. The van der Waals surface area contributed by atoms with E-state index in [0.717, 1.165) is 30.5 Å². The highest BCUT2D eigenvalue weighted by atomic mass is 19.1. The van der Waals surface area contributed by atoms with Gasteiger partial charge in [0, 0.05) is 17.7 Å². The molecule has 2 aromatic carbocycles. The summed E-state index contributed by atoms with van der Waals surface area (Å²) in [4.78, 5) is 5.23. The fourth-order valence-corrected chi connectivity index (χ4v) is 4.38. The maximum atomic E-state index is 13.7. The zero-order chi connectivity index (χ0) is 21.3. The fraction of sp³-hybridized carbons (Fsp3) is 0.321. The number of hydrogen-bond acceptors (Lipinski definition) is 1. The molecule has 0 saturated carbocycles. The van der Waals surface area contributed by atoms with E-state index >= 15 is 0 Å². The van der Waals surface area contributed by atoms with Crippen LogP contribution in [0, 0.1) is 11.7 Å². The van der Waals surface area contributed by atoms with E-state index in [1.165, 1.54) is 33.5 Å². The summed E-state index contributed by atoms with van der Waals surface area (Å²) in [5.74, 6) is 0.559. The van der Waals surface area contributed by atoms with Gasteiger partial charge in [0.15, 0.2) is 0 Å². The Bertz CT molecular complexity index is 1070. The van der Waals surface area contributed by atoms with Gasteiger partial charge in [0.05, 0.1) is 5.69 Å². The van der Waals surface area contributed by atoms with E-state index in [1.54, 1.807) is 12.1 Å². The standard InChI is InChI=1S/C28H30FN/c1-18(2)9-15-25-27(21-10-13-23(29)14-11-21)24-16-12-20-7-5-6-8-22(20)17-26(24)30-28(25)19(3)4/h5-11,13-15,18-19H,12,16-17H2,1-4H3/b15-9+. The van der Waals surface area contributed by atoms with Crippen molar-refractivity contribution in [3.63, 3.8) is 0 Å². The van der Waals surface area contributed by atoms with Crippen LogP contribution in [0.5, 0.6) is 0 Å². The van der Waals surface area contributed by atoms with E-state index in [4.69, 9.17) is 4.98 Å². The molecule has 3 aromatic rings. The predicted octanol–water partition coefficient (Wildman–Crippen LogP) is 7.37. The first-order chi connectivity index (χ1) is 14.4. The lowest BCUT2D eigenvalue weighted by molar-refractivity contribution is 0.628. The van der Waals surface area contributed by atoms with Crippen LogP contribution in [0.15, 0.2) is 54.6 Å². The Hall–Kier alpha value is -2.74. The first-order valence-electron chi connectivity index (χ1n) is 11.0.